The Bertz CT molecular complexity index is 404. The van der Waals surface area contributed by atoms with Gasteiger partial charge in [0, 0.05) is 12.3 Å². The number of carbonyl (C=O) groups is 1. The van der Waals surface area contributed by atoms with Crippen LogP contribution in [0.25, 0.3) is 0 Å². The Labute approximate surface area is 98.5 Å². The fraction of sp³-hybridized carbons (Fsp3) is 0.455. The van der Waals surface area contributed by atoms with Crippen LogP contribution in [0, 0.1) is 0 Å². The molecule has 1 aliphatic rings. The van der Waals surface area contributed by atoms with E-state index < -0.39 is 5.97 Å². The normalized spacial score (nSPS) is 14.6. The number of halogens is 1. The van der Waals surface area contributed by atoms with E-state index in [1.807, 2.05) is 0 Å². The Morgan fingerprint density at radius 2 is 2.38 bits per heavy atom. The third kappa shape index (κ3) is 2.64. The molecular weight excluding hydrogens is 230 g/mol. The molecule has 0 aromatic carbocycles. The number of esters is 1. The fourth-order valence-corrected chi connectivity index (χ4v) is 1.39. The molecule has 0 aliphatic heterocycles. The number of carbonyl (C=O) groups excluding carboxylic acids is 1. The van der Waals surface area contributed by atoms with Crippen molar-refractivity contribution in [1.29, 1.82) is 0 Å². The summed E-state index contributed by atoms with van der Waals surface area (Å²) in [6.07, 6.45) is 3.62. The molecule has 0 saturated heterocycles. The van der Waals surface area contributed by atoms with Crippen molar-refractivity contribution in [2.24, 2.45) is 0 Å². The summed E-state index contributed by atoms with van der Waals surface area (Å²) < 4.78 is 10.5. The van der Waals surface area contributed by atoms with Gasteiger partial charge < -0.3 is 9.47 Å². The molecule has 0 N–H and O–H groups in total. The molecule has 4 nitrogen and oxygen atoms in total. The lowest BCUT2D eigenvalue weighted by Gasteiger charge is -2.09. The van der Waals surface area contributed by atoms with Crippen LogP contribution in [0.5, 0.6) is 5.75 Å². The molecule has 0 amide bonds. The number of hydrogen-bond acceptors (Lipinski definition) is 4. The number of hydrogen-bond donors (Lipinski definition) is 0. The van der Waals surface area contributed by atoms with Crippen molar-refractivity contribution in [3.05, 3.63) is 23.0 Å². The number of aromatic nitrogens is 1. The van der Waals surface area contributed by atoms with Crippen molar-refractivity contribution in [3.8, 4) is 5.75 Å². The third-order valence-electron chi connectivity index (χ3n) is 2.15. The summed E-state index contributed by atoms with van der Waals surface area (Å²) in [7, 11) is 0. The Morgan fingerprint density at radius 3 is 3.00 bits per heavy atom. The first-order valence-corrected chi connectivity index (χ1v) is 5.58. The molecule has 16 heavy (non-hydrogen) atoms. The molecule has 1 aromatic rings. The fourth-order valence-electron chi connectivity index (χ4n) is 1.24. The van der Waals surface area contributed by atoms with E-state index in [2.05, 4.69) is 4.98 Å². The molecule has 5 heteroatoms. The van der Waals surface area contributed by atoms with E-state index in [0.29, 0.717) is 23.1 Å². The smallest absolute Gasteiger partial charge is 0.343 e. The molecule has 1 saturated carbocycles. The topological polar surface area (TPSA) is 48.4 Å². The van der Waals surface area contributed by atoms with E-state index in [9.17, 15) is 4.79 Å². The summed E-state index contributed by atoms with van der Waals surface area (Å²) in [6.45, 7) is 2.08. The van der Waals surface area contributed by atoms with Crippen LogP contribution in [-0.2, 0) is 4.74 Å². The van der Waals surface area contributed by atoms with Crippen LogP contribution in [0.3, 0.4) is 0 Å². The number of nitrogens with zero attached hydrogens (tertiary/aromatic N) is 1. The van der Waals surface area contributed by atoms with Gasteiger partial charge in [-0.05, 0) is 19.8 Å². The highest BCUT2D eigenvalue weighted by atomic mass is 35.5. The zero-order valence-corrected chi connectivity index (χ0v) is 9.66. The summed E-state index contributed by atoms with van der Waals surface area (Å²) >= 11 is 5.76. The average Bonchev–Trinajstić information content (AvgIpc) is 3.02. The largest absolute Gasteiger partial charge is 0.489 e. The maximum Gasteiger partial charge on any atom is 0.343 e. The molecule has 86 valence electrons. The second-order valence-electron chi connectivity index (χ2n) is 3.54. The maximum atomic E-state index is 11.6. The lowest BCUT2D eigenvalue weighted by molar-refractivity contribution is 0.0521. The van der Waals surface area contributed by atoms with Gasteiger partial charge in [-0.2, -0.15) is 0 Å². The van der Waals surface area contributed by atoms with Crippen molar-refractivity contribution < 1.29 is 14.3 Å². The van der Waals surface area contributed by atoms with E-state index in [0.717, 1.165) is 12.8 Å². The highest BCUT2D eigenvalue weighted by Crippen LogP contribution is 2.30. The predicted molar refractivity (Wildman–Crippen MR) is 58.9 cm³/mol. The highest BCUT2D eigenvalue weighted by Gasteiger charge is 2.26. The zero-order chi connectivity index (χ0) is 11.5. The molecule has 2 rings (SSSR count). The first kappa shape index (κ1) is 11.2. The minimum absolute atomic E-state index is 0.201. The van der Waals surface area contributed by atoms with E-state index in [-0.39, 0.29) is 6.10 Å². The maximum absolute atomic E-state index is 11.6. The molecule has 0 spiro atoms. The van der Waals surface area contributed by atoms with E-state index in [1.54, 1.807) is 13.0 Å². The van der Waals surface area contributed by atoms with Crippen LogP contribution in [0.2, 0.25) is 5.15 Å². The Balaban J connectivity index is 2.23. The van der Waals surface area contributed by atoms with Crippen molar-refractivity contribution in [2.45, 2.75) is 25.9 Å². The number of pyridine rings is 1. The molecular formula is C11H12ClNO3. The van der Waals surface area contributed by atoms with Gasteiger partial charge >= 0.3 is 5.97 Å². The lowest BCUT2D eigenvalue weighted by Crippen LogP contribution is -2.09. The summed E-state index contributed by atoms with van der Waals surface area (Å²) in [5, 5.41) is 0.309. The molecule has 1 fully saturated rings. The molecule has 0 unspecified atom stereocenters. The average molecular weight is 242 g/mol. The van der Waals surface area contributed by atoms with Crippen LogP contribution in [0.4, 0.5) is 0 Å². The van der Waals surface area contributed by atoms with Crippen molar-refractivity contribution in [3.63, 3.8) is 0 Å². The SMILES string of the molecule is CCOC(=O)c1cnc(Cl)cc1OC1CC1. The summed E-state index contributed by atoms with van der Waals surface area (Å²) in [6, 6.07) is 1.55. The second-order valence-corrected chi connectivity index (χ2v) is 3.93. The van der Waals surface area contributed by atoms with Gasteiger partial charge in [0.2, 0.25) is 0 Å². The summed E-state index contributed by atoms with van der Waals surface area (Å²) in [4.78, 5) is 15.4. The lowest BCUT2D eigenvalue weighted by atomic mass is 10.2. The summed E-state index contributed by atoms with van der Waals surface area (Å²) in [5.41, 5.74) is 0.332. The van der Waals surface area contributed by atoms with Gasteiger partial charge in [0.15, 0.2) is 0 Å². The van der Waals surface area contributed by atoms with E-state index in [4.69, 9.17) is 21.1 Å². The minimum Gasteiger partial charge on any atom is -0.489 e. The quantitative estimate of drug-likeness (QED) is 0.600. The Kier molecular flexibility index (Phi) is 3.29. The van der Waals surface area contributed by atoms with Crippen molar-refractivity contribution in [1.82, 2.24) is 4.98 Å². The van der Waals surface area contributed by atoms with E-state index >= 15 is 0 Å². The van der Waals surface area contributed by atoms with Crippen LogP contribution in [0.15, 0.2) is 12.3 Å². The second kappa shape index (κ2) is 4.70. The van der Waals surface area contributed by atoms with Crippen LogP contribution in [-0.4, -0.2) is 23.7 Å². The number of rotatable bonds is 4. The van der Waals surface area contributed by atoms with Crippen molar-refractivity contribution in [2.75, 3.05) is 6.61 Å². The molecule has 1 aliphatic carbocycles. The van der Waals surface area contributed by atoms with Gasteiger partial charge in [-0.1, -0.05) is 11.6 Å². The first-order chi connectivity index (χ1) is 7.70. The van der Waals surface area contributed by atoms with Gasteiger partial charge in [0.25, 0.3) is 0 Å². The molecule has 0 atom stereocenters. The molecule has 1 aromatic heterocycles. The third-order valence-corrected chi connectivity index (χ3v) is 2.35. The monoisotopic (exact) mass is 241 g/mol. The first-order valence-electron chi connectivity index (χ1n) is 5.20. The molecule has 0 radical (unpaired) electrons. The van der Waals surface area contributed by atoms with Crippen LogP contribution >= 0.6 is 11.6 Å². The number of ether oxygens (including phenoxy) is 2. The molecule has 1 heterocycles. The standard InChI is InChI=1S/C11H12ClNO3/c1-2-15-11(14)8-6-13-10(12)5-9(8)16-7-3-4-7/h5-7H,2-4H2,1H3. The summed E-state index contributed by atoms with van der Waals surface area (Å²) in [5.74, 6) is 0.0308. The molecule has 0 bridgehead atoms. The van der Waals surface area contributed by atoms with Gasteiger partial charge in [0.05, 0.1) is 12.7 Å². The van der Waals surface area contributed by atoms with Gasteiger partial charge in [-0.25, -0.2) is 9.78 Å². The van der Waals surface area contributed by atoms with Crippen molar-refractivity contribution >= 4 is 17.6 Å². The Morgan fingerprint density at radius 1 is 1.62 bits per heavy atom. The highest BCUT2D eigenvalue weighted by molar-refractivity contribution is 6.29. The van der Waals surface area contributed by atoms with Gasteiger partial charge in [-0.15, -0.1) is 0 Å². The predicted octanol–water partition coefficient (Wildman–Crippen LogP) is 2.45. The van der Waals surface area contributed by atoms with E-state index in [1.165, 1.54) is 6.20 Å². The van der Waals surface area contributed by atoms with Crippen LogP contribution < -0.4 is 4.74 Å². The van der Waals surface area contributed by atoms with Crippen LogP contribution in [0.1, 0.15) is 30.1 Å². The minimum atomic E-state index is -0.428. The Hall–Kier alpha value is -1.29. The zero-order valence-electron chi connectivity index (χ0n) is 8.90. The van der Waals surface area contributed by atoms with Gasteiger partial charge in [0.1, 0.15) is 16.5 Å². The van der Waals surface area contributed by atoms with Gasteiger partial charge in [-0.3, -0.25) is 0 Å².